The van der Waals surface area contributed by atoms with E-state index in [4.69, 9.17) is 53.1 Å². The number of carboxylic acids is 2. The average Bonchev–Trinajstić information content (AvgIpc) is 3.41. The smallest absolute Gasteiger partial charge is 0.128 e. The molecule has 6 N–H and O–H groups in total. The summed E-state index contributed by atoms with van der Waals surface area (Å²) in [5, 5.41) is 57.4. The number of hydrogen-bond donors (Lipinski definition) is 6. The number of benzene rings is 2. The maximum atomic E-state index is 10.1. The topological polar surface area (TPSA) is 189 Å². The molecule has 0 aliphatic carbocycles. The third-order valence-electron chi connectivity index (χ3n) is 13.4. The molecule has 0 bridgehead atoms. The minimum absolute atomic E-state index is 0.224. The highest BCUT2D eigenvalue weighted by molar-refractivity contribution is 6.31. The van der Waals surface area contributed by atoms with Gasteiger partial charge in [0.15, 0.2) is 0 Å². The molecule has 0 saturated heterocycles. The third-order valence-corrected chi connectivity index (χ3v) is 13.9. The van der Waals surface area contributed by atoms with Crippen molar-refractivity contribution in [2.45, 2.75) is 220 Å². The number of halogens is 2. The lowest BCUT2D eigenvalue weighted by molar-refractivity contribution is -0.901. The number of nitrogens with one attached hydrogen (secondary N) is 2. The van der Waals surface area contributed by atoms with Crippen molar-refractivity contribution in [2.24, 2.45) is 0 Å². The van der Waals surface area contributed by atoms with Crippen molar-refractivity contribution >= 4 is 35.1 Å². The molecule has 0 amide bonds. The SMILES string of the molecule is CCCCCCCCC/C=C\CCCCCCCC[NH+](CCO)CCO.CCCCCCCCC/C=C\CCCCCCCC[NH+](CCO)CCO.Cc1cc(Cl)ccc1OCC(=O)[O-].Cc1cc(Cl)ccc1OCC(=O)[O-]. The summed E-state index contributed by atoms with van der Waals surface area (Å²) in [6.07, 6.45) is 50.0. The van der Waals surface area contributed by atoms with Crippen LogP contribution in [0.25, 0.3) is 0 Å². The number of aliphatic hydroxyl groups is 4. The van der Waals surface area contributed by atoms with Crippen LogP contribution >= 0.6 is 23.2 Å². The van der Waals surface area contributed by atoms with E-state index in [0.29, 0.717) is 21.5 Å². The van der Waals surface area contributed by atoms with Gasteiger partial charge >= 0.3 is 0 Å². The van der Waals surface area contributed by atoms with Crippen LogP contribution in [0.4, 0.5) is 0 Å². The Hall–Kier alpha value is -3.20. The van der Waals surface area contributed by atoms with E-state index in [1.54, 1.807) is 50.2 Å². The summed E-state index contributed by atoms with van der Waals surface area (Å²) in [5.74, 6) is -1.47. The van der Waals surface area contributed by atoms with Gasteiger partial charge < -0.3 is 59.5 Å². The van der Waals surface area contributed by atoms with Gasteiger partial charge in [0.1, 0.15) is 50.9 Å². The van der Waals surface area contributed by atoms with Crippen molar-refractivity contribution in [2.75, 3.05) is 78.9 Å². The summed E-state index contributed by atoms with van der Waals surface area (Å²) >= 11 is 11.4. The minimum Gasteiger partial charge on any atom is -0.546 e. The second-order valence-electron chi connectivity index (χ2n) is 20.6. The van der Waals surface area contributed by atoms with E-state index in [9.17, 15) is 19.8 Å². The first kappa shape index (κ1) is 76.9. The number of carboxylic acid groups (broad SMARTS) is 2. The highest BCUT2D eigenvalue weighted by Gasteiger charge is 2.08. The number of aryl methyl sites for hydroxylation is 2. The monoisotopic (exact) mass is 1140 g/mol. The average molecular weight is 1140 g/mol. The Balaban J connectivity index is 0. The predicted octanol–water partition coefficient (Wildman–Crippen LogP) is 10.1. The third kappa shape index (κ3) is 54.7. The molecule has 0 aliphatic heterocycles. The largest absolute Gasteiger partial charge is 0.546 e. The maximum absolute atomic E-state index is 10.1. The summed E-state index contributed by atoms with van der Waals surface area (Å²) in [6, 6.07) is 9.93. The minimum atomic E-state index is -1.24. The highest BCUT2D eigenvalue weighted by Crippen LogP contribution is 2.23. The number of carbonyl (C=O) groups excluding carboxylic acids is 2. The molecule has 0 aromatic heterocycles. The van der Waals surface area contributed by atoms with Crippen LogP contribution in [0.3, 0.4) is 0 Å². The summed E-state index contributed by atoms with van der Waals surface area (Å²) in [7, 11) is 0. The quantitative estimate of drug-likeness (QED) is 0.0275. The van der Waals surface area contributed by atoms with Crippen LogP contribution < -0.4 is 29.5 Å². The van der Waals surface area contributed by atoms with Gasteiger partial charge in [0, 0.05) is 10.0 Å². The zero-order valence-corrected chi connectivity index (χ0v) is 51.0. The molecular weight excluding hydrogens is 1030 g/mol. The lowest BCUT2D eigenvalue weighted by atomic mass is 10.1. The number of quaternary nitrogens is 2. The van der Waals surface area contributed by atoms with Crippen molar-refractivity contribution in [1.82, 2.24) is 0 Å². The second-order valence-corrected chi connectivity index (χ2v) is 21.5. The van der Waals surface area contributed by atoms with E-state index in [2.05, 4.69) is 38.2 Å². The number of aliphatic hydroxyl groups excluding tert-OH is 4. The molecule has 0 heterocycles. The van der Waals surface area contributed by atoms with Crippen molar-refractivity contribution in [3.05, 3.63) is 81.9 Å². The van der Waals surface area contributed by atoms with Gasteiger partial charge in [-0.1, -0.05) is 177 Å². The molecule has 0 atom stereocenters. The molecule has 12 nitrogen and oxygen atoms in total. The van der Waals surface area contributed by atoms with E-state index in [1.807, 2.05) is 0 Å². The van der Waals surface area contributed by atoms with Crippen LogP contribution in [0.5, 0.6) is 11.5 Å². The molecule has 2 rings (SSSR count). The fourth-order valence-corrected chi connectivity index (χ4v) is 9.26. The number of hydrogen-bond acceptors (Lipinski definition) is 10. The number of allylic oxidation sites excluding steroid dienone is 4. The fraction of sp³-hybridized carbons (Fsp3) is 0.719. The lowest BCUT2D eigenvalue weighted by Crippen LogP contribution is -3.13. The van der Waals surface area contributed by atoms with Crippen molar-refractivity contribution in [3.63, 3.8) is 0 Å². The van der Waals surface area contributed by atoms with Gasteiger partial charge in [-0.15, -0.1) is 0 Å². The Bertz CT molecular complexity index is 1570. The van der Waals surface area contributed by atoms with Crippen LogP contribution in [0, 0.1) is 13.8 Å². The number of aliphatic carboxylic acids is 2. The van der Waals surface area contributed by atoms with Gasteiger partial charge in [-0.3, -0.25) is 0 Å². The zero-order chi connectivity index (χ0) is 58.0. The first-order chi connectivity index (χ1) is 37.9. The molecule has 14 heteroatoms. The zero-order valence-electron chi connectivity index (χ0n) is 49.5. The molecule has 0 spiro atoms. The van der Waals surface area contributed by atoms with E-state index < -0.39 is 25.2 Å². The van der Waals surface area contributed by atoms with Gasteiger partial charge in [0.05, 0.1) is 51.5 Å². The number of rotatable bonds is 48. The summed E-state index contributed by atoms with van der Waals surface area (Å²) in [6.45, 7) is 13.4. The summed E-state index contributed by atoms with van der Waals surface area (Å²) < 4.78 is 9.87. The number of carbonyl (C=O) groups is 2. The normalized spacial score (nSPS) is 11.1. The Kier molecular flexibility index (Phi) is 59.0. The van der Waals surface area contributed by atoms with E-state index >= 15 is 0 Å². The number of ether oxygens (including phenoxy) is 2. The second kappa shape index (κ2) is 59.9. The van der Waals surface area contributed by atoms with E-state index in [-0.39, 0.29) is 26.4 Å². The standard InChI is InChI=1S/2C23H47NO2.2C9H9ClO3/c2*1-2-3-4-5-6-7-8-9-10-11-12-13-14-15-16-17-18-19-24(20-22-25)21-23-26;2*1-6-4-7(10)2-3-8(6)13-5-9(11)12/h2*10-11,25-26H,2-9,12-23H2,1H3;2*2-4H,5H2,1H3,(H,11,12)/b2*11-10-;;. The molecule has 452 valence electrons. The fourth-order valence-electron chi connectivity index (χ4n) is 8.80. The molecule has 2 aromatic carbocycles. The van der Waals surface area contributed by atoms with Crippen LogP contribution in [0.2, 0.25) is 10.0 Å². The van der Waals surface area contributed by atoms with Crippen LogP contribution in [0.15, 0.2) is 60.7 Å². The molecule has 0 fully saturated rings. The van der Waals surface area contributed by atoms with Gasteiger partial charge in [0.25, 0.3) is 0 Å². The Labute approximate surface area is 485 Å². The van der Waals surface area contributed by atoms with Crippen LogP contribution in [-0.4, -0.2) is 111 Å². The first-order valence-corrected chi connectivity index (χ1v) is 31.2. The molecule has 0 aliphatic rings. The summed E-state index contributed by atoms with van der Waals surface area (Å²) in [4.78, 5) is 22.8. The molecule has 0 radical (unpaired) electrons. The van der Waals surface area contributed by atoms with Crippen molar-refractivity contribution in [1.29, 1.82) is 0 Å². The van der Waals surface area contributed by atoms with Gasteiger partial charge in [0.2, 0.25) is 0 Å². The van der Waals surface area contributed by atoms with Crippen molar-refractivity contribution < 1.29 is 59.5 Å². The van der Waals surface area contributed by atoms with Crippen molar-refractivity contribution in [3.8, 4) is 11.5 Å². The Morgan fingerprint density at radius 1 is 0.423 bits per heavy atom. The Morgan fingerprint density at radius 3 is 0.923 bits per heavy atom. The Morgan fingerprint density at radius 2 is 0.679 bits per heavy atom. The summed E-state index contributed by atoms with van der Waals surface area (Å²) in [5.41, 5.74) is 1.60. The van der Waals surface area contributed by atoms with Crippen LogP contribution in [0.1, 0.15) is 218 Å². The molecule has 78 heavy (non-hydrogen) atoms. The molecule has 0 saturated carbocycles. The lowest BCUT2D eigenvalue weighted by Gasteiger charge is -2.17. The molecular formula is C64H112Cl2N2O10. The van der Waals surface area contributed by atoms with Gasteiger partial charge in [-0.05, 0) is 138 Å². The molecule has 0 unspecified atom stereocenters. The van der Waals surface area contributed by atoms with Crippen LogP contribution in [-0.2, 0) is 9.59 Å². The van der Waals surface area contributed by atoms with E-state index in [1.165, 1.54) is 202 Å². The number of unbranched alkanes of at least 4 members (excludes halogenated alkanes) is 26. The maximum Gasteiger partial charge on any atom is 0.128 e. The molecule has 2 aromatic rings. The highest BCUT2D eigenvalue weighted by atomic mass is 35.5. The van der Waals surface area contributed by atoms with E-state index in [0.717, 1.165) is 50.4 Å². The predicted molar refractivity (Wildman–Crippen MR) is 321 cm³/mol. The first-order valence-electron chi connectivity index (χ1n) is 30.5. The van der Waals surface area contributed by atoms with Gasteiger partial charge in [-0.25, -0.2) is 0 Å². The van der Waals surface area contributed by atoms with Gasteiger partial charge in [-0.2, -0.15) is 0 Å².